The molecule has 8 nitrogen and oxygen atoms in total. The molecule has 3 heterocycles. The number of carbonyl (C=O) groups excluding carboxylic acids is 3. The van der Waals surface area contributed by atoms with Gasteiger partial charge in [-0.05, 0) is 49.4 Å². The van der Waals surface area contributed by atoms with Crippen molar-refractivity contribution in [3.05, 3.63) is 73.4 Å². The van der Waals surface area contributed by atoms with Crippen molar-refractivity contribution in [1.82, 2.24) is 4.98 Å². The molecule has 0 bridgehead atoms. The minimum Gasteiger partial charge on any atom is -0.482 e. The van der Waals surface area contributed by atoms with Gasteiger partial charge in [-0.2, -0.15) is 0 Å². The number of hydrogen-bond acceptors (Lipinski definition) is 8. The third-order valence-corrected chi connectivity index (χ3v) is 8.50. The SMILES string of the molecule is CCOC(=O)COc1ccc(Cl)cc1C1c2sc(=O)[nH]c2SC2C(=O)N(c3ccc(F)cc3)C(=O)C21. The number of ether oxygens (including phenoxy) is 2. The Kier molecular flexibility index (Phi) is 6.62. The number of nitrogens with one attached hydrogen (secondary N) is 1. The number of aromatic nitrogens is 1. The zero-order valence-corrected chi connectivity index (χ0v) is 21.0. The number of amides is 2. The van der Waals surface area contributed by atoms with Crippen LogP contribution < -0.4 is 14.5 Å². The maximum Gasteiger partial charge on any atom is 0.344 e. The molecule has 12 heteroatoms. The van der Waals surface area contributed by atoms with E-state index in [1.54, 1.807) is 25.1 Å². The van der Waals surface area contributed by atoms with Crippen molar-refractivity contribution < 1.29 is 28.2 Å². The fourth-order valence-electron chi connectivity index (χ4n) is 4.43. The second-order valence-electron chi connectivity index (χ2n) is 8.01. The highest BCUT2D eigenvalue weighted by atomic mass is 35.5. The van der Waals surface area contributed by atoms with Gasteiger partial charge in [-0.3, -0.25) is 14.4 Å². The highest BCUT2D eigenvalue weighted by molar-refractivity contribution is 8.00. The predicted octanol–water partition coefficient (Wildman–Crippen LogP) is 3.97. The maximum atomic E-state index is 13.7. The Labute approximate surface area is 217 Å². The van der Waals surface area contributed by atoms with Gasteiger partial charge in [0.25, 0.3) is 0 Å². The summed E-state index contributed by atoms with van der Waals surface area (Å²) in [5.41, 5.74) is 0.711. The van der Waals surface area contributed by atoms with Crippen molar-refractivity contribution in [1.29, 1.82) is 0 Å². The van der Waals surface area contributed by atoms with Crippen molar-refractivity contribution in [3.8, 4) is 5.75 Å². The van der Waals surface area contributed by atoms with Gasteiger partial charge in [0.15, 0.2) is 6.61 Å². The lowest BCUT2D eigenvalue weighted by molar-refractivity contribution is -0.145. The first kappa shape index (κ1) is 24.5. The average Bonchev–Trinajstić information content (AvgIpc) is 3.33. The molecular weight excluding hydrogens is 531 g/mol. The molecule has 2 aliphatic heterocycles. The van der Waals surface area contributed by atoms with E-state index in [4.69, 9.17) is 21.1 Å². The molecule has 0 radical (unpaired) electrons. The van der Waals surface area contributed by atoms with Gasteiger partial charge in [-0.15, -0.1) is 0 Å². The molecule has 1 fully saturated rings. The first-order valence-electron chi connectivity index (χ1n) is 10.9. The van der Waals surface area contributed by atoms with Crippen LogP contribution in [0, 0.1) is 11.7 Å². The van der Waals surface area contributed by atoms with Crippen molar-refractivity contribution in [2.45, 2.75) is 23.1 Å². The van der Waals surface area contributed by atoms with Gasteiger partial charge >= 0.3 is 10.8 Å². The smallest absolute Gasteiger partial charge is 0.344 e. The molecule has 3 aromatic rings. The summed E-state index contributed by atoms with van der Waals surface area (Å²) in [6.45, 7) is 1.50. The second-order valence-corrected chi connectivity index (χ2v) is 10.6. The molecule has 0 spiro atoms. The van der Waals surface area contributed by atoms with E-state index in [1.807, 2.05) is 0 Å². The van der Waals surface area contributed by atoms with Crippen LogP contribution in [0.2, 0.25) is 5.02 Å². The summed E-state index contributed by atoms with van der Waals surface area (Å²) in [6, 6.07) is 9.84. The van der Waals surface area contributed by atoms with Gasteiger partial charge in [0.05, 0.1) is 23.2 Å². The van der Waals surface area contributed by atoms with Gasteiger partial charge in [0.1, 0.15) is 16.8 Å². The van der Waals surface area contributed by atoms with E-state index in [1.165, 1.54) is 24.3 Å². The van der Waals surface area contributed by atoms with Gasteiger partial charge in [0, 0.05) is 21.4 Å². The largest absolute Gasteiger partial charge is 0.482 e. The van der Waals surface area contributed by atoms with Gasteiger partial charge < -0.3 is 14.5 Å². The minimum absolute atomic E-state index is 0.190. The molecule has 1 aromatic heterocycles. The number of nitrogens with zero attached hydrogens (tertiary/aromatic N) is 1. The molecule has 36 heavy (non-hydrogen) atoms. The Hall–Kier alpha value is -3.15. The summed E-state index contributed by atoms with van der Waals surface area (Å²) in [7, 11) is 0. The molecule has 5 rings (SSSR count). The third kappa shape index (κ3) is 4.31. The van der Waals surface area contributed by atoms with Crippen LogP contribution in [0.25, 0.3) is 0 Å². The number of thiazole rings is 1. The predicted molar refractivity (Wildman–Crippen MR) is 132 cm³/mol. The van der Waals surface area contributed by atoms with Crippen LogP contribution in [0.5, 0.6) is 5.75 Å². The molecule has 2 aliphatic rings. The molecule has 1 N–H and O–H groups in total. The third-order valence-electron chi connectivity index (χ3n) is 5.87. The number of benzene rings is 2. The van der Waals surface area contributed by atoms with E-state index in [0.29, 0.717) is 20.5 Å². The highest BCUT2D eigenvalue weighted by Gasteiger charge is 2.56. The number of fused-ring (bicyclic) bond motifs is 2. The monoisotopic (exact) mass is 548 g/mol. The van der Waals surface area contributed by atoms with E-state index < -0.39 is 40.7 Å². The first-order chi connectivity index (χ1) is 17.3. The molecule has 2 amide bonds. The van der Waals surface area contributed by atoms with Crippen LogP contribution in [-0.2, 0) is 19.1 Å². The van der Waals surface area contributed by atoms with Gasteiger partial charge in [0.2, 0.25) is 11.8 Å². The zero-order valence-electron chi connectivity index (χ0n) is 18.7. The standard InChI is InChI=1S/C24H18ClFN2O6S2/c1-2-33-16(29)10-34-15-8-3-11(25)9-14(15)17-18-20(35-21-19(17)36-24(32)27-21)23(31)28(22(18)30)13-6-4-12(26)5-7-13/h3-9,17-18,20H,2,10H2,1H3,(H,27,32). The highest BCUT2D eigenvalue weighted by Crippen LogP contribution is 2.54. The van der Waals surface area contributed by atoms with Crippen LogP contribution in [-0.4, -0.2) is 41.2 Å². The molecule has 186 valence electrons. The van der Waals surface area contributed by atoms with E-state index in [9.17, 15) is 23.6 Å². The van der Waals surface area contributed by atoms with E-state index in [2.05, 4.69) is 4.98 Å². The fraction of sp³-hybridized carbons (Fsp3) is 0.250. The lowest BCUT2D eigenvalue weighted by atomic mass is 9.82. The lowest BCUT2D eigenvalue weighted by Crippen LogP contribution is -2.32. The number of imide groups is 1. The molecule has 0 saturated carbocycles. The molecule has 2 aromatic carbocycles. The maximum absolute atomic E-state index is 13.7. The number of anilines is 1. The summed E-state index contributed by atoms with van der Waals surface area (Å²) in [5.74, 6) is -3.41. The summed E-state index contributed by atoms with van der Waals surface area (Å²) in [5, 5.41) is -0.0169. The number of H-pyrrole nitrogens is 1. The molecular formula is C24H18ClFN2O6S2. The summed E-state index contributed by atoms with van der Waals surface area (Å²) in [6.07, 6.45) is 0. The second kappa shape index (κ2) is 9.72. The van der Waals surface area contributed by atoms with E-state index in [0.717, 1.165) is 28.0 Å². The number of thioether (sulfide) groups is 1. The molecule has 3 unspecified atom stereocenters. The Morgan fingerprint density at radius 1 is 1.14 bits per heavy atom. The van der Waals surface area contributed by atoms with Crippen LogP contribution in [0.4, 0.5) is 10.1 Å². The minimum atomic E-state index is -0.894. The average molecular weight is 549 g/mol. The van der Waals surface area contributed by atoms with E-state index in [-0.39, 0.29) is 29.5 Å². The quantitative estimate of drug-likeness (QED) is 0.367. The Morgan fingerprint density at radius 3 is 2.61 bits per heavy atom. The van der Waals surface area contributed by atoms with Crippen LogP contribution in [0.15, 0.2) is 52.3 Å². The summed E-state index contributed by atoms with van der Waals surface area (Å²) < 4.78 is 24.2. The topological polar surface area (TPSA) is 106 Å². The van der Waals surface area contributed by atoms with Gasteiger partial charge in [-0.1, -0.05) is 34.7 Å². The fourth-order valence-corrected chi connectivity index (χ4v) is 7.12. The van der Waals surface area contributed by atoms with Crippen molar-refractivity contribution in [2.24, 2.45) is 5.92 Å². The van der Waals surface area contributed by atoms with Crippen molar-refractivity contribution in [3.63, 3.8) is 0 Å². The van der Waals surface area contributed by atoms with Crippen LogP contribution in [0.3, 0.4) is 0 Å². The normalized spacial score (nSPS) is 20.8. The molecule has 3 atom stereocenters. The van der Waals surface area contributed by atoms with Crippen LogP contribution in [0.1, 0.15) is 23.3 Å². The number of carbonyl (C=O) groups is 3. The molecule has 0 aliphatic carbocycles. The van der Waals surface area contributed by atoms with Crippen LogP contribution >= 0.6 is 34.7 Å². The first-order valence-corrected chi connectivity index (χ1v) is 13.0. The van der Waals surface area contributed by atoms with Gasteiger partial charge in [-0.25, -0.2) is 14.1 Å². The number of halogens is 2. The lowest BCUT2D eigenvalue weighted by Gasteiger charge is -2.31. The number of rotatable bonds is 6. The Morgan fingerprint density at radius 2 is 1.89 bits per heavy atom. The Balaban J connectivity index is 1.61. The van der Waals surface area contributed by atoms with E-state index >= 15 is 0 Å². The van der Waals surface area contributed by atoms with Crippen molar-refractivity contribution in [2.75, 3.05) is 18.1 Å². The number of aromatic amines is 1. The number of hydrogen-bond donors (Lipinski definition) is 1. The molecule has 1 saturated heterocycles. The summed E-state index contributed by atoms with van der Waals surface area (Å²) in [4.78, 5) is 55.4. The zero-order chi connectivity index (χ0) is 25.6. The Bertz CT molecular complexity index is 1420. The number of esters is 1. The summed E-state index contributed by atoms with van der Waals surface area (Å²) >= 11 is 8.37. The van der Waals surface area contributed by atoms with Crippen molar-refractivity contribution >= 4 is 58.2 Å².